The van der Waals surface area contributed by atoms with E-state index in [4.69, 9.17) is 0 Å². The van der Waals surface area contributed by atoms with Gasteiger partial charge in [-0.05, 0) is 36.2 Å². The smallest absolute Gasteiger partial charge is 0.417 e. The van der Waals surface area contributed by atoms with Crippen molar-refractivity contribution in [3.63, 3.8) is 0 Å². The number of halogens is 3. The van der Waals surface area contributed by atoms with Crippen molar-refractivity contribution in [1.82, 2.24) is 4.57 Å². The molecule has 1 heterocycles. The summed E-state index contributed by atoms with van der Waals surface area (Å²) < 4.78 is 41.4. The number of alkyl halides is 3. The molecule has 0 aliphatic carbocycles. The van der Waals surface area contributed by atoms with E-state index in [1.165, 1.54) is 30.5 Å². The Morgan fingerprint density at radius 3 is 2.50 bits per heavy atom. The van der Waals surface area contributed by atoms with Gasteiger partial charge in [0.25, 0.3) is 0 Å². The van der Waals surface area contributed by atoms with Gasteiger partial charge in [0, 0.05) is 23.6 Å². The van der Waals surface area contributed by atoms with Crippen LogP contribution in [-0.4, -0.2) is 15.6 Å². The summed E-state index contributed by atoms with van der Waals surface area (Å²) in [7, 11) is 0. The van der Waals surface area contributed by atoms with Gasteiger partial charge in [-0.2, -0.15) is 13.2 Å². The highest BCUT2D eigenvalue weighted by Crippen LogP contribution is 2.38. The molecule has 0 atom stereocenters. The molecule has 0 aliphatic rings. The van der Waals surface area contributed by atoms with Crippen LogP contribution in [0.25, 0.3) is 22.0 Å². The number of hydrogen-bond donors (Lipinski definition) is 1. The minimum absolute atomic E-state index is 0.0347. The van der Waals surface area contributed by atoms with Gasteiger partial charge in [0.15, 0.2) is 0 Å². The maximum absolute atomic E-state index is 13.2. The molecule has 3 rings (SSSR count). The Hall–Kier alpha value is -2.76. The summed E-state index contributed by atoms with van der Waals surface area (Å²) in [6.07, 6.45) is -2.97. The molecule has 0 amide bonds. The van der Waals surface area contributed by atoms with Gasteiger partial charge >= 0.3 is 12.1 Å². The van der Waals surface area contributed by atoms with E-state index in [0.717, 1.165) is 6.07 Å². The van der Waals surface area contributed by atoms with Gasteiger partial charge in [-0.25, -0.2) is 4.79 Å². The summed E-state index contributed by atoms with van der Waals surface area (Å²) >= 11 is 0. The van der Waals surface area contributed by atoms with Gasteiger partial charge in [-0.1, -0.05) is 24.3 Å². The fraction of sp³-hybridized carbons (Fsp3) is 0.167. The van der Waals surface area contributed by atoms with Crippen molar-refractivity contribution in [2.24, 2.45) is 0 Å². The zero-order chi connectivity index (χ0) is 17.5. The molecule has 2 aromatic carbocycles. The standard InChI is InChI=1S/C18H14F3NO2/c1-2-22-10-14(17(23)24)13-9-11(7-8-16(13)22)12-5-3-4-6-15(12)18(19,20)21/h3-10H,2H2,1H3,(H,23,24). The molecule has 124 valence electrons. The maximum atomic E-state index is 13.2. The number of carbonyl (C=O) groups is 1. The molecular weight excluding hydrogens is 319 g/mol. The average Bonchev–Trinajstić information content (AvgIpc) is 2.92. The minimum Gasteiger partial charge on any atom is -0.478 e. The molecule has 0 fully saturated rings. The van der Waals surface area contributed by atoms with Crippen LogP contribution in [0.1, 0.15) is 22.8 Å². The Bertz CT molecular complexity index is 926. The lowest BCUT2D eigenvalue weighted by atomic mass is 9.97. The lowest BCUT2D eigenvalue weighted by Crippen LogP contribution is -2.06. The molecule has 0 aliphatic heterocycles. The van der Waals surface area contributed by atoms with Crippen LogP contribution >= 0.6 is 0 Å². The first-order valence-corrected chi connectivity index (χ1v) is 7.35. The normalized spacial score (nSPS) is 11.8. The zero-order valence-corrected chi connectivity index (χ0v) is 12.8. The molecule has 3 nitrogen and oxygen atoms in total. The summed E-state index contributed by atoms with van der Waals surface area (Å²) in [5.41, 5.74) is 0.400. The Kier molecular flexibility index (Phi) is 3.83. The highest BCUT2D eigenvalue weighted by Gasteiger charge is 2.33. The summed E-state index contributed by atoms with van der Waals surface area (Å²) in [6.45, 7) is 2.44. The van der Waals surface area contributed by atoms with Crippen molar-refractivity contribution in [2.45, 2.75) is 19.6 Å². The van der Waals surface area contributed by atoms with Crippen LogP contribution in [-0.2, 0) is 12.7 Å². The second-order valence-corrected chi connectivity index (χ2v) is 5.41. The lowest BCUT2D eigenvalue weighted by molar-refractivity contribution is -0.137. The monoisotopic (exact) mass is 333 g/mol. The average molecular weight is 333 g/mol. The van der Waals surface area contributed by atoms with E-state index in [2.05, 4.69) is 0 Å². The van der Waals surface area contributed by atoms with E-state index >= 15 is 0 Å². The number of nitrogens with zero attached hydrogens (tertiary/aromatic N) is 1. The van der Waals surface area contributed by atoms with Crippen LogP contribution in [0.3, 0.4) is 0 Å². The van der Waals surface area contributed by atoms with Crippen molar-refractivity contribution in [2.75, 3.05) is 0 Å². The number of aromatic nitrogens is 1. The van der Waals surface area contributed by atoms with E-state index < -0.39 is 17.7 Å². The lowest BCUT2D eigenvalue weighted by Gasteiger charge is -2.13. The first-order valence-electron chi connectivity index (χ1n) is 7.35. The number of carboxylic acid groups (broad SMARTS) is 1. The van der Waals surface area contributed by atoms with Crippen molar-refractivity contribution < 1.29 is 23.1 Å². The topological polar surface area (TPSA) is 42.2 Å². The van der Waals surface area contributed by atoms with Gasteiger partial charge in [0.2, 0.25) is 0 Å². The van der Waals surface area contributed by atoms with Gasteiger partial charge in [-0.3, -0.25) is 0 Å². The first-order chi connectivity index (χ1) is 11.3. The summed E-state index contributed by atoms with van der Waals surface area (Å²) in [5, 5.41) is 9.77. The largest absolute Gasteiger partial charge is 0.478 e. The van der Waals surface area contributed by atoms with Crippen LogP contribution in [0.4, 0.5) is 13.2 Å². The van der Waals surface area contributed by atoms with E-state index in [-0.39, 0.29) is 11.1 Å². The Balaban J connectivity index is 2.26. The van der Waals surface area contributed by atoms with E-state index in [0.29, 0.717) is 23.0 Å². The quantitative estimate of drug-likeness (QED) is 0.729. The number of carboxylic acids is 1. The Morgan fingerprint density at radius 1 is 1.17 bits per heavy atom. The number of aromatic carboxylic acids is 1. The van der Waals surface area contributed by atoms with E-state index in [1.807, 2.05) is 6.92 Å². The molecule has 0 saturated carbocycles. The van der Waals surface area contributed by atoms with Gasteiger partial charge < -0.3 is 9.67 Å². The molecule has 0 saturated heterocycles. The number of rotatable bonds is 3. The summed E-state index contributed by atoms with van der Waals surface area (Å²) in [4.78, 5) is 11.4. The van der Waals surface area contributed by atoms with Crippen molar-refractivity contribution >= 4 is 16.9 Å². The first kappa shape index (κ1) is 16.1. The van der Waals surface area contributed by atoms with Gasteiger partial charge in [0.1, 0.15) is 0 Å². The van der Waals surface area contributed by atoms with Gasteiger partial charge in [-0.15, -0.1) is 0 Å². The molecule has 0 bridgehead atoms. The maximum Gasteiger partial charge on any atom is 0.417 e. The summed E-state index contributed by atoms with van der Waals surface area (Å²) in [5.74, 6) is -1.10. The molecule has 0 radical (unpaired) electrons. The second kappa shape index (κ2) is 5.70. The van der Waals surface area contributed by atoms with E-state index in [1.54, 1.807) is 16.7 Å². The van der Waals surface area contributed by atoms with Crippen LogP contribution in [0.2, 0.25) is 0 Å². The Morgan fingerprint density at radius 2 is 1.88 bits per heavy atom. The third-order valence-corrected chi connectivity index (χ3v) is 4.00. The molecule has 0 spiro atoms. The summed E-state index contributed by atoms with van der Waals surface area (Å²) in [6, 6.07) is 10.0. The predicted molar refractivity (Wildman–Crippen MR) is 85.0 cm³/mol. The number of fused-ring (bicyclic) bond motifs is 1. The van der Waals surface area contributed by atoms with Crippen LogP contribution in [0.15, 0.2) is 48.7 Å². The Labute approximate surface area is 136 Å². The third kappa shape index (κ3) is 2.64. The molecular formula is C18H14F3NO2. The van der Waals surface area contributed by atoms with Crippen molar-refractivity contribution in [1.29, 1.82) is 0 Å². The van der Waals surface area contributed by atoms with Crippen LogP contribution in [0, 0.1) is 0 Å². The minimum atomic E-state index is -4.48. The van der Waals surface area contributed by atoms with Gasteiger partial charge in [0.05, 0.1) is 11.1 Å². The van der Waals surface area contributed by atoms with Crippen LogP contribution in [0.5, 0.6) is 0 Å². The fourth-order valence-corrected chi connectivity index (χ4v) is 2.88. The van der Waals surface area contributed by atoms with Crippen molar-refractivity contribution in [3.8, 4) is 11.1 Å². The van der Waals surface area contributed by atoms with Crippen LogP contribution < -0.4 is 0 Å². The van der Waals surface area contributed by atoms with E-state index in [9.17, 15) is 23.1 Å². The molecule has 3 aromatic rings. The molecule has 1 aromatic heterocycles. The molecule has 24 heavy (non-hydrogen) atoms. The molecule has 0 unspecified atom stereocenters. The number of aryl methyl sites for hydroxylation is 1. The fourth-order valence-electron chi connectivity index (χ4n) is 2.88. The zero-order valence-electron chi connectivity index (χ0n) is 12.8. The van der Waals surface area contributed by atoms with Crippen molar-refractivity contribution in [3.05, 3.63) is 59.8 Å². The second-order valence-electron chi connectivity index (χ2n) is 5.41. The third-order valence-electron chi connectivity index (χ3n) is 4.00. The highest BCUT2D eigenvalue weighted by molar-refractivity contribution is 6.04. The number of hydrogen-bond acceptors (Lipinski definition) is 1. The number of benzene rings is 2. The molecule has 6 heteroatoms. The highest BCUT2D eigenvalue weighted by atomic mass is 19.4. The predicted octanol–water partition coefficient (Wildman–Crippen LogP) is 5.05. The SMILES string of the molecule is CCn1cc(C(=O)O)c2cc(-c3ccccc3C(F)(F)F)ccc21. The molecule has 1 N–H and O–H groups in total.